The van der Waals surface area contributed by atoms with Crippen molar-refractivity contribution in [2.75, 3.05) is 26.2 Å². The van der Waals surface area contributed by atoms with Crippen LogP contribution in [0.1, 0.15) is 46.6 Å². The summed E-state index contributed by atoms with van der Waals surface area (Å²) in [6.07, 6.45) is 0.985. The number of rotatable bonds is 5. The highest BCUT2D eigenvalue weighted by molar-refractivity contribution is 5.94. The van der Waals surface area contributed by atoms with Crippen molar-refractivity contribution in [2.45, 2.75) is 45.2 Å². The molecule has 0 aliphatic carbocycles. The van der Waals surface area contributed by atoms with Crippen LogP contribution in [0.25, 0.3) is 0 Å². The minimum atomic E-state index is -0.321. The fraction of sp³-hybridized carbons (Fsp3) is 0.500. The first-order valence-electron chi connectivity index (χ1n) is 10.3. The quantitative estimate of drug-likeness (QED) is 0.838. The third-order valence-electron chi connectivity index (χ3n) is 6.27. The number of piperazine rings is 1. The molecule has 2 aliphatic rings. The van der Waals surface area contributed by atoms with Gasteiger partial charge in [-0.25, -0.2) is 0 Å². The maximum absolute atomic E-state index is 13.0. The van der Waals surface area contributed by atoms with Crippen molar-refractivity contribution in [1.82, 2.24) is 20.3 Å². The minimum absolute atomic E-state index is 0.0401. The van der Waals surface area contributed by atoms with Gasteiger partial charge in [0.05, 0.1) is 11.6 Å². The summed E-state index contributed by atoms with van der Waals surface area (Å²) in [5.74, 6) is 0.405. The number of carbonyl (C=O) groups is 2. The van der Waals surface area contributed by atoms with Crippen LogP contribution >= 0.6 is 0 Å². The number of fused-ring (bicyclic) bond motifs is 2. The van der Waals surface area contributed by atoms with Crippen molar-refractivity contribution in [3.63, 3.8) is 0 Å². The number of benzene rings is 1. The van der Waals surface area contributed by atoms with Crippen LogP contribution in [0.5, 0.6) is 0 Å². The number of hydrogen-bond donors (Lipinski definition) is 1. The van der Waals surface area contributed by atoms with Crippen LogP contribution in [0.15, 0.2) is 34.9 Å². The smallest absolute Gasteiger partial charge is 0.254 e. The summed E-state index contributed by atoms with van der Waals surface area (Å²) in [7, 11) is 0. The van der Waals surface area contributed by atoms with Crippen LogP contribution in [0.3, 0.4) is 0 Å². The van der Waals surface area contributed by atoms with E-state index >= 15 is 0 Å². The van der Waals surface area contributed by atoms with E-state index in [1.165, 1.54) is 0 Å². The second-order valence-electron chi connectivity index (χ2n) is 8.12. The average Bonchev–Trinajstić information content (AvgIpc) is 3.30. The molecule has 0 spiro atoms. The van der Waals surface area contributed by atoms with Crippen molar-refractivity contribution in [1.29, 1.82) is 0 Å². The molecule has 29 heavy (non-hydrogen) atoms. The fourth-order valence-corrected chi connectivity index (χ4v) is 4.65. The lowest BCUT2D eigenvalue weighted by molar-refractivity contribution is -0.122. The molecule has 2 bridgehead atoms. The van der Waals surface area contributed by atoms with Crippen LogP contribution in [-0.2, 0) is 4.79 Å². The Bertz CT molecular complexity index is 875. The van der Waals surface area contributed by atoms with Crippen LogP contribution in [0, 0.1) is 13.8 Å². The van der Waals surface area contributed by atoms with E-state index in [0.29, 0.717) is 18.8 Å². The maximum atomic E-state index is 13.0. The summed E-state index contributed by atoms with van der Waals surface area (Å²) >= 11 is 0. The van der Waals surface area contributed by atoms with E-state index in [1.807, 2.05) is 56.0 Å². The van der Waals surface area contributed by atoms with Crippen molar-refractivity contribution in [2.24, 2.45) is 0 Å². The topological polar surface area (TPSA) is 78.7 Å². The van der Waals surface area contributed by atoms with E-state index in [4.69, 9.17) is 4.52 Å². The number of nitrogens with one attached hydrogen (secondary N) is 1. The van der Waals surface area contributed by atoms with Gasteiger partial charge in [0, 0.05) is 49.4 Å². The summed E-state index contributed by atoms with van der Waals surface area (Å²) in [5.41, 5.74) is 2.33. The zero-order chi connectivity index (χ0) is 20.5. The monoisotopic (exact) mass is 396 g/mol. The van der Waals surface area contributed by atoms with Gasteiger partial charge in [0.25, 0.3) is 5.91 Å². The number of nitrogens with zero attached hydrogens (tertiary/aromatic N) is 3. The molecule has 3 heterocycles. The van der Waals surface area contributed by atoms with Gasteiger partial charge in [-0.15, -0.1) is 0 Å². The van der Waals surface area contributed by atoms with Gasteiger partial charge in [0.1, 0.15) is 5.76 Å². The second-order valence-corrected chi connectivity index (χ2v) is 8.12. The Kier molecular flexibility index (Phi) is 5.41. The van der Waals surface area contributed by atoms with E-state index in [0.717, 1.165) is 36.3 Å². The molecule has 7 nitrogen and oxygen atoms in total. The average molecular weight is 396 g/mol. The Labute approximate surface area is 171 Å². The molecule has 4 atom stereocenters. The van der Waals surface area contributed by atoms with Gasteiger partial charge < -0.3 is 14.7 Å². The molecule has 154 valence electrons. The van der Waals surface area contributed by atoms with E-state index in [1.54, 1.807) is 0 Å². The van der Waals surface area contributed by atoms with Gasteiger partial charge in [0.15, 0.2) is 0 Å². The van der Waals surface area contributed by atoms with Gasteiger partial charge in [-0.05, 0) is 39.3 Å². The molecule has 1 unspecified atom stereocenters. The molecule has 7 heteroatoms. The van der Waals surface area contributed by atoms with Crippen LogP contribution in [0.2, 0.25) is 0 Å². The highest BCUT2D eigenvalue weighted by Crippen LogP contribution is 2.27. The normalized spacial score (nSPS) is 24.4. The molecule has 4 rings (SSSR count). The lowest BCUT2D eigenvalue weighted by Gasteiger charge is -2.40. The van der Waals surface area contributed by atoms with Crippen LogP contribution in [0.4, 0.5) is 0 Å². The zero-order valence-electron chi connectivity index (χ0n) is 17.2. The fourth-order valence-electron chi connectivity index (χ4n) is 4.65. The van der Waals surface area contributed by atoms with Crippen molar-refractivity contribution >= 4 is 11.8 Å². The highest BCUT2D eigenvalue weighted by atomic mass is 16.5. The summed E-state index contributed by atoms with van der Waals surface area (Å²) < 4.78 is 5.20. The lowest BCUT2D eigenvalue weighted by atomic mass is 9.98. The Balaban J connectivity index is 1.41. The van der Waals surface area contributed by atoms with Crippen LogP contribution < -0.4 is 5.32 Å². The first kappa shape index (κ1) is 19.6. The number of amides is 2. The zero-order valence-corrected chi connectivity index (χ0v) is 17.2. The van der Waals surface area contributed by atoms with E-state index < -0.39 is 0 Å². The third-order valence-corrected chi connectivity index (χ3v) is 6.27. The Morgan fingerprint density at radius 1 is 1.24 bits per heavy atom. The van der Waals surface area contributed by atoms with Gasteiger partial charge in [-0.3, -0.25) is 14.5 Å². The first-order chi connectivity index (χ1) is 14.0. The van der Waals surface area contributed by atoms with Gasteiger partial charge in [0.2, 0.25) is 5.91 Å². The Morgan fingerprint density at radius 3 is 2.69 bits per heavy atom. The number of aryl methyl sites for hydroxylation is 2. The highest BCUT2D eigenvalue weighted by Gasteiger charge is 2.41. The predicted molar refractivity (Wildman–Crippen MR) is 109 cm³/mol. The number of carbonyl (C=O) groups excluding carboxylic acids is 2. The molecule has 1 aromatic heterocycles. The summed E-state index contributed by atoms with van der Waals surface area (Å²) in [4.78, 5) is 30.1. The maximum Gasteiger partial charge on any atom is 0.254 e. The predicted octanol–water partition coefficient (Wildman–Crippen LogP) is 2.11. The van der Waals surface area contributed by atoms with Gasteiger partial charge in [-0.1, -0.05) is 23.4 Å². The van der Waals surface area contributed by atoms with E-state index in [9.17, 15) is 9.59 Å². The van der Waals surface area contributed by atoms with Crippen molar-refractivity contribution < 1.29 is 14.1 Å². The third kappa shape index (κ3) is 3.79. The number of hydrogen-bond acceptors (Lipinski definition) is 5. The molecule has 1 N–H and O–H groups in total. The van der Waals surface area contributed by atoms with Gasteiger partial charge in [-0.2, -0.15) is 0 Å². The summed E-state index contributed by atoms with van der Waals surface area (Å²) in [5, 5.41) is 7.04. The summed E-state index contributed by atoms with van der Waals surface area (Å²) in [6, 6.07) is 9.83. The molecule has 2 aliphatic heterocycles. The standard InChI is InChI=1S/C22H28N4O3/c1-14(20-15(2)24-29-16(20)3)21(27)23-11-19-13-26(18-9-10-25(19)12-18)22(28)17-7-5-4-6-8-17/h4-8,14,18-19H,9-13H2,1-3H3,(H,23,27)/t14-,18-,19-/m0/s1. The molecule has 2 aromatic rings. The molecule has 0 radical (unpaired) electrons. The van der Waals surface area contributed by atoms with Crippen molar-refractivity contribution in [3.8, 4) is 0 Å². The largest absolute Gasteiger partial charge is 0.361 e. The van der Waals surface area contributed by atoms with E-state index in [2.05, 4.69) is 15.4 Å². The van der Waals surface area contributed by atoms with Gasteiger partial charge >= 0.3 is 0 Å². The molecule has 0 saturated carbocycles. The van der Waals surface area contributed by atoms with E-state index in [-0.39, 0.29) is 29.8 Å². The lowest BCUT2D eigenvalue weighted by Crippen LogP contribution is -2.57. The van der Waals surface area contributed by atoms with Crippen LogP contribution in [-0.4, -0.2) is 65.0 Å². The molecule has 1 aromatic carbocycles. The first-order valence-corrected chi connectivity index (χ1v) is 10.3. The SMILES string of the molecule is Cc1noc(C)c1[C@H](C)C(=O)NC[C@H]1CN(C(=O)c2ccccc2)[C@H]2CCN1C2. The van der Waals surface area contributed by atoms with Crippen molar-refractivity contribution in [3.05, 3.63) is 52.9 Å². The second kappa shape index (κ2) is 7.99. The number of aromatic nitrogens is 1. The summed E-state index contributed by atoms with van der Waals surface area (Å²) in [6.45, 7) is 8.56. The molecular formula is C22H28N4O3. The Morgan fingerprint density at radius 2 is 2.00 bits per heavy atom. The molecule has 2 fully saturated rings. The molecular weight excluding hydrogens is 368 g/mol. The minimum Gasteiger partial charge on any atom is -0.361 e. The Hall–Kier alpha value is -2.67. The molecule has 2 saturated heterocycles. The molecule has 2 amide bonds.